The molecule has 0 radical (unpaired) electrons. The number of halogens is 2. The van der Waals surface area contributed by atoms with E-state index in [1.807, 2.05) is 4.90 Å². The third-order valence-corrected chi connectivity index (χ3v) is 5.76. The molecule has 138 valence electrons. The first-order valence-corrected chi connectivity index (χ1v) is 9.23. The number of nitrogens with one attached hydrogen (secondary N) is 2. The molecule has 25 heavy (non-hydrogen) atoms. The van der Waals surface area contributed by atoms with E-state index in [0.717, 1.165) is 25.9 Å². The summed E-state index contributed by atoms with van der Waals surface area (Å²) in [5.41, 5.74) is 1.56. The highest BCUT2D eigenvalue weighted by molar-refractivity contribution is 5.93. The lowest BCUT2D eigenvalue weighted by molar-refractivity contribution is -0.147. The number of fused-ring (bicyclic) bond motifs is 2. The van der Waals surface area contributed by atoms with E-state index in [4.69, 9.17) is 4.74 Å². The lowest BCUT2D eigenvalue weighted by atomic mass is 9.91. The van der Waals surface area contributed by atoms with Gasteiger partial charge in [0, 0.05) is 43.4 Å². The van der Waals surface area contributed by atoms with Crippen molar-refractivity contribution in [3.05, 3.63) is 23.0 Å². The molecular weight excluding hydrogens is 328 g/mol. The van der Waals surface area contributed by atoms with Crippen LogP contribution < -0.4 is 5.32 Å². The summed E-state index contributed by atoms with van der Waals surface area (Å²) in [7, 11) is 0. The molecule has 0 aromatic carbocycles. The topological polar surface area (TPSA) is 57.4 Å². The third-order valence-electron chi connectivity index (χ3n) is 5.76. The van der Waals surface area contributed by atoms with Crippen LogP contribution in [-0.4, -0.2) is 54.0 Å². The van der Waals surface area contributed by atoms with Gasteiger partial charge in [0.1, 0.15) is 11.8 Å². The maximum Gasteiger partial charge on any atom is 0.278 e. The van der Waals surface area contributed by atoms with Crippen LogP contribution >= 0.6 is 0 Å². The van der Waals surface area contributed by atoms with Crippen molar-refractivity contribution < 1.29 is 18.3 Å². The molecule has 3 heterocycles. The van der Waals surface area contributed by atoms with Crippen molar-refractivity contribution in [2.24, 2.45) is 5.92 Å². The number of ether oxygens (including phenoxy) is 1. The quantitative estimate of drug-likeness (QED) is 0.878. The van der Waals surface area contributed by atoms with Gasteiger partial charge in [-0.1, -0.05) is 0 Å². The van der Waals surface area contributed by atoms with E-state index in [1.165, 1.54) is 0 Å². The largest absolute Gasteiger partial charge is 0.367 e. The van der Waals surface area contributed by atoms with E-state index in [1.54, 1.807) is 13.0 Å². The summed E-state index contributed by atoms with van der Waals surface area (Å²) in [6, 6.07) is 1.95. The predicted molar refractivity (Wildman–Crippen MR) is 88.8 cm³/mol. The van der Waals surface area contributed by atoms with Crippen LogP contribution in [0.1, 0.15) is 54.0 Å². The van der Waals surface area contributed by atoms with Gasteiger partial charge in [0.15, 0.2) is 0 Å². The number of likely N-dealkylation sites (tertiary alicyclic amines) is 1. The Hall–Kier alpha value is -1.47. The Balaban J connectivity index is 1.55. The van der Waals surface area contributed by atoms with E-state index in [2.05, 4.69) is 10.3 Å². The van der Waals surface area contributed by atoms with Gasteiger partial charge in [-0.2, -0.15) is 0 Å². The number of rotatable bonds is 3. The number of hydrogen-bond donors (Lipinski definition) is 2. The highest BCUT2D eigenvalue weighted by Gasteiger charge is 2.46. The summed E-state index contributed by atoms with van der Waals surface area (Å²) in [4.78, 5) is 17.8. The average molecular weight is 353 g/mol. The predicted octanol–water partition coefficient (Wildman–Crippen LogP) is 2.50. The molecule has 1 aliphatic carbocycles. The number of piperidine rings is 1. The number of hydrogen-bond acceptors (Lipinski definition) is 3. The molecule has 1 aromatic heterocycles. The zero-order valence-electron chi connectivity index (χ0n) is 14.5. The van der Waals surface area contributed by atoms with Crippen LogP contribution in [0.3, 0.4) is 0 Å². The summed E-state index contributed by atoms with van der Waals surface area (Å²) in [5, 5.41) is 3.48. The molecule has 1 amide bonds. The van der Waals surface area contributed by atoms with Crippen LogP contribution in [-0.2, 0) is 11.2 Å². The first-order chi connectivity index (χ1) is 12.0. The summed E-state index contributed by atoms with van der Waals surface area (Å²) >= 11 is 0. The van der Waals surface area contributed by atoms with Crippen LogP contribution in [0.5, 0.6) is 0 Å². The number of aryl methyl sites for hydroxylation is 1. The van der Waals surface area contributed by atoms with Crippen LogP contribution in [0.15, 0.2) is 6.07 Å². The third kappa shape index (κ3) is 2.97. The van der Waals surface area contributed by atoms with Gasteiger partial charge in [0.25, 0.3) is 11.8 Å². The minimum atomic E-state index is -2.89. The summed E-state index contributed by atoms with van der Waals surface area (Å²) < 4.78 is 33.7. The lowest BCUT2D eigenvalue weighted by Gasteiger charge is -2.31. The molecule has 1 unspecified atom stereocenters. The smallest absolute Gasteiger partial charge is 0.278 e. The van der Waals surface area contributed by atoms with E-state index in [-0.39, 0.29) is 25.4 Å². The van der Waals surface area contributed by atoms with Gasteiger partial charge < -0.3 is 19.9 Å². The number of aromatic amines is 1. The molecule has 2 fully saturated rings. The standard InChI is InChI=1S/C18H25F2N3O2/c1-2-25-16-12-8-14(22-13(12)5-6-18(16,19)20)17(24)23-9-11-4-3-7-21-15(11)10-23/h8,11,15-16,21-22H,2-7,9-10H2,1H3/t11-,15+,16?/m1/s1. The van der Waals surface area contributed by atoms with E-state index in [0.29, 0.717) is 35.5 Å². The zero-order chi connectivity index (χ0) is 17.6. The first kappa shape index (κ1) is 17.0. The second-order valence-corrected chi connectivity index (χ2v) is 7.39. The van der Waals surface area contributed by atoms with Gasteiger partial charge in [0.2, 0.25) is 0 Å². The van der Waals surface area contributed by atoms with Crippen molar-refractivity contribution in [2.45, 2.75) is 50.7 Å². The van der Waals surface area contributed by atoms with Crippen LogP contribution in [0.2, 0.25) is 0 Å². The molecule has 3 aliphatic rings. The van der Waals surface area contributed by atoms with Gasteiger partial charge in [-0.25, -0.2) is 8.78 Å². The van der Waals surface area contributed by atoms with Gasteiger partial charge in [-0.05, 0) is 44.7 Å². The molecule has 2 aliphatic heterocycles. The lowest BCUT2D eigenvalue weighted by Crippen LogP contribution is -2.41. The maximum absolute atomic E-state index is 14.2. The molecule has 1 aromatic rings. The Morgan fingerprint density at radius 3 is 3.04 bits per heavy atom. The van der Waals surface area contributed by atoms with Crippen molar-refractivity contribution in [2.75, 3.05) is 26.2 Å². The Labute approximate surface area is 146 Å². The van der Waals surface area contributed by atoms with Crippen molar-refractivity contribution in [3.8, 4) is 0 Å². The maximum atomic E-state index is 14.2. The number of carbonyl (C=O) groups is 1. The van der Waals surface area contributed by atoms with Crippen molar-refractivity contribution in [1.82, 2.24) is 15.2 Å². The van der Waals surface area contributed by atoms with Gasteiger partial charge >= 0.3 is 0 Å². The zero-order valence-corrected chi connectivity index (χ0v) is 14.5. The number of H-pyrrole nitrogens is 1. The van der Waals surface area contributed by atoms with Crippen LogP contribution in [0.25, 0.3) is 0 Å². The molecule has 0 saturated carbocycles. The molecule has 7 heteroatoms. The number of amides is 1. The van der Waals surface area contributed by atoms with Crippen LogP contribution in [0, 0.1) is 5.92 Å². The van der Waals surface area contributed by atoms with E-state index in [9.17, 15) is 13.6 Å². The summed E-state index contributed by atoms with van der Waals surface area (Å²) in [6.45, 7) is 4.37. The second kappa shape index (κ2) is 6.36. The molecule has 5 nitrogen and oxygen atoms in total. The van der Waals surface area contributed by atoms with Crippen molar-refractivity contribution in [1.29, 1.82) is 0 Å². The first-order valence-electron chi connectivity index (χ1n) is 9.23. The SMILES string of the molecule is CCOC1c2cc(C(=O)N3C[C@H]4CCCN[C@H]4C3)[nH]c2CCC1(F)F. The molecular formula is C18H25F2N3O2. The minimum Gasteiger partial charge on any atom is -0.367 e. The molecule has 0 bridgehead atoms. The monoisotopic (exact) mass is 353 g/mol. The average Bonchev–Trinajstić information content (AvgIpc) is 3.20. The van der Waals surface area contributed by atoms with Gasteiger partial charge in [0.05, 0.1) is 0 Å². The number of carbonyl (C=O) groups excluding carboxylic acids is 1. The molecule has 0 spiro atoms. The molecule has 4 rings (SSSR count). The molecule has 3 atom stereocenters. The normalized spacial score (nSPS) is 30.8. The van der Waals surface area contributed by atoms with E-state index >= 15 is 0 Å². The number of alkyl halides is 2. The van der Waals surface area contributed by atoms with Gasteiger partial charge in [-0.15, -0.1) is 0 Å². The highest BCUT2D eigenvalue weighted by atomic mass is 19.3. The fraction of sp³-hybridized carbons (Fsp3) is 0.722. The highest BCUT2D eigenvalue weighted by Crippen LogP contribution is 2.44. The Morgan fingerprint density at radius 2 is 2.28 bits per heavy atom. The minimum absolute atomic E-state index is 0.0934. The molecule has 2 N–H and O–H groups in total. The number of aromatic nitrogens is 1. The molecule has 2 saturated heterocycles. The Bertz CT molecular complexity index is 647. The second-order valence-electron chi connectivity index (χ2n) is 7.39. The summed E-state index contributed by atoms with van der Waals surface area (Å²) in [6.07, 6.45) is 1.01. The Kier molecular flexibility index (Phi) is 4.32. The number of nitrogens with zero attached hydrogens (tertiary/aromatic N) is 1. The van der Waals surface area contributed by atoms with E-state index < -0.39 is 12.0 Å². The Morgan fingerprint density at radius 1 is 1.44 bits per heavy atom. The fourth-order valence-corrected chi connectivity index (χ4v) is 4.48. The van der Waals surface area contributed by atoms with Crippen molar-refractivity contribution >= 4 is 5.91 Å². The summed E-state index contributed by atoms with van der Waals surface area (Å²) in [5.74, 6) is -2.48. The van der Waals surface area contributed by atoms with Crippen LogP contribution in [0.4, 0.5) is 8.78 Å². The fourth-order valence-electron chi connectivity index (χ4n) is 4.48. The van der Waals surface area contributed by atoms with Crippen molar-refractivity contribution in [3.63, 3.8) is 0 Å². The van der Waals surface area contributed by atoms with Gasteiger partial charge in [-0.3, -0.25) is 4.79 Å².